The number of Topliss-reactive ketones (excluding diaryl/α,β-unsaturated/α-hetero) is 1. The number of aliphatic hydroxyl groups is 1. The van der Waals surface area contributed by atoms with E-state index in [-0.39, 0.29) is 11.8 Å². The van der Waals surface area contributed by atoms with E-state index in [0.717, 1.165) is 18.8 Å². The third-order valence-electron chi connectivity index (χ3n) is 6.29. The predicted octanol–water partition coefficient (Wildman–Crippen LogP) is 2.64. The third kappa shape index (κ3) is 1.39. The number of ketones is 1. The van der Waals surface area contributed by atoms with Crippen LogP contribution in [0, 0.1) is 35.0 Å². The van der Waals surface area contributed by atoms with Crippen molar-refractivity contribution in [1.82, 2.24) is 0 Å². The molecule has 6 atom stereocenters. The van der Waals surface area contributed by atoms with Crippen LogP contribution in [0.25, 0.3) is 0 Å². The van der Waals surface area contributed by atoms with Crippen molar-refractivity contribution in [2.45, 2.75) is 52.6 Å². The van der Waals surface area contributed by atoms with E-state index in [1.165, 1.54) is 0 Å². The Balaban J connectivity index is 1.99. The second kappa shape index (κ2) is 3.14. The van der Waals surface area contributed by atoms with Gasteiger partial charge in [0.05, 0.1) is 5.60 Å². The summed E-state index contributed by atoms with van der Waals surface area (Å²) in [6, 6.07) is 0. The van der Waals surface area contributed by atoms with E-state index in [4.69, 9.17) is 0 Å². The molecule has 1 unspecified atom stereocenters. The first-order chi connectivity index (χ1) is 7.77. The Kier molecular flexibility index (Phi) is 2.16. The zero-order chi connectivity index (χ0) is 12.6. The molecular weight excluding hydrogens is 212 g/mol. The standard InChI is InChI=1S/C15H24O2/c1-8-11(16)7-10-12(8)13-9(14(13,2)3)5-6-15(10,4)17/h8-10,12-13,17H,5-7H2,1-4H3/t8-,9?,10+,12-,13-,15+/m1/s1. The summed E-state index contributed by atoms with van der Waals surface area (Å²) >= 11 is 0. The van der Waals surface area contributed by atoms with Crippen LogP contribution in [0.3, 0.4) is 0 Å². The minimum atomic E-state index is -0.616. The zero-order valence-electron chi connectivity index (χ0n) is 11.4. The van der Waals surface area contributed by atoms with Crippen molar-refractivity contribution in [2.24, 2.45) is 35.0 Å². The quantitative estimate of drug-likeness (QED) is 0.702. The molecule has 1 N–H and O–H groups in total. The first-order valence-electron chi connectivity index (χ1n) is 7.02. The Morgan fingerprint density at radius 3 is 2.53 bits per heavy atom. The van der Waals surface area contributed by atoms with Gasteiger partial charge in [-0.1, -0.05) is 20.8 Å². The smallest absolute Gasteiger partial charge is 0.136 e. The van der Waals surface area contributed by atoms with Crippen molar-refractivity contribution in [3.8, 4) is 0 Å². The van der Waals surface area contributed by atoms with Crippen molar-refractivity contribution >= 4 is 5.78 Å². The minimum Gasteiger partial charge on any atom is -0.390 e. The summed E-state index contributed by atoms with van der Waals surface area (Å²) in [7, 11) is 0. The summed E-state index contributed by atoms with van der Waals surface area (Å²) in [5.74, 6) is 2.59. The van der Waals surface area contributed by atoms with E-state index >= 15 is 0 Å². The first-order valence-corrected chi connectivity index (χ1v) is 7.02. The van der Waals surface area contributed by atoms with Crippen LogP contribution in [0.5, 0.6) is 0 Å². The van der Waals surface area contributed by atoms with Gasteiger partial charge in [-0.2, -0.15) is 0 Å². The number of carbonyl (C=O) groups excluding carboxylic acids is 1. The van der Waals surface area contributed by atoms with Crippen LogP contribution < -0.4 is 0 Å². The normalized spacial score (nSPS) is 56.1. The maximum absolute atomic E-state index is 12.0. The maximum atomic E-state index is 12.0. The average Bonchev–Trinajstić information content (AvgIpc) is 2.66. The van der Waals surface area contributed by atoms with Crippen molar-refractivity contribution < 1.29 is 9.90 Å². The number of carbonyl (C=O) groups is 1. The van der Waals surface area contributed by atoms with Crippen LogP contribution in [-0.2, 0) is 4.79 Å². The molecule has 0 aromatic carbocycles. The molecule has 0 aliphatic heterocycles. The molecule has 0 heterocycles. The average molecular weight is 236 g/mol. The van der Waals surface area contributed by atoms with E-state index in [1.54, 1.807) is 0 Å². The van der Waals surface area contributed by atoms with Crippen molar-refractivity contribution in [2.75, 3.05) is 0 Å². The Hall–Kier alpha value is -0.370. The third-order valence-corrected chi connectivity index (χ3v) is 6.29. The largest absolute Gasteiger partial charge is 0.390 e. The van der Waals surface area contributed by atoms with Crippen LogP contribution in [0.2, 0.25) is 0 Å². The highest BCUT2D eigenvalue weighted by atomic mass is 16.3. The lowest BCUT2D eigenvalue weighted by Crippen LogP contribution is -2.38. The fourth-order valence-corrected chi connectivity index (χ4v) is 5.03. The summed E-state index contributed by atoms with van der Waals surface area (Å²) < 4.78 is 0. The van der Waals surface area contributed by atoms with Gasteiger partial charge in [-0.3, -0.25) is 4.79 Å². The van der Waals surface area contributed by atoms with E-state index in [0.29, 0.717) is 29.5 Å². The maximum Gasteiger partial charge on any atom is 0.136 e. The minimum absolute atomic E-state index is 0.166. The Bertz CT molecular complexity index is 369. The predicted molar refractivity (Wildman–Crippen MR) is 66.4 cm³/mol. The van der Waals surface area contributed by atoms with Crippen LogP contribution in [0.1, 0.15) is 47.0 Å². The van der Waals surface area contributed by atoms with Gasteiger partial charge in [0, 0.05) is 12.3 Å². The Morgan fingerprint density at radius 1 is 1.24 bits per heavy atom. The number of hydrogen-bond donors (Lipinski definition) is 1. The van der Waals surface area contributed by atoms with E-state index in [1.807, 2.05) is 6.92 Å². The molecule has 96 valence electrons. The lowest BCUT2D eigenvalue weighted by atomic mass is 9.74. The van der Waals surface area contributed by atoms with Crippen LogP contribution in [-0.4, -0.2) is 16.5 Å². The molecule has 3 saturated carbocycles. The molecule has 0 aromatic rings. The van der Waals surface area contributed by atoms with Gasteiger partial charge in [-0.25, -0.2) is 0 Å². The number of fused-ring (bicyclic) bond motifs is 3. The highest BCUT2D eigenvalue weighted by Gasteiger charge is 2.67. The monoisotopic (exact) mass is 236 g/mol. The van der Waals surface area contributed by atoms with Gasteiger partial charge in [0.1, 0.15) is 5.78 Å². The van der Waals surface area contributed by atoms with Gasteiger partial charge >= 0.3 is 0 Å². The second-order valence-electron chi connectivity index (χ2n) is 7.49. The topological polar surface area (TPSA) is 37.3 Å². The molecule has 0 amide bonds. The molecule has 0 saturated heterocycles. The number of rotatable bonds is 0. The molecule has 2 nitrogen and oxygen atoms in total. The highest BCUT2D eigenvalue weighted by Crippen LogP contribution is 2.70. The van der Waals surface area contributed by atoms with Gasteiger partial charge < -0.3 is 5.11 Å². The zero-order valence-corrected chi connectivity index (χ0v) is 11.4. The van der Waals surface area contributed by atoms with Gasteiger partial charge in [-0.15, -0.1) is 0 Å². The molecule has 0 spiro atoms. The fraction of sp³-hybridized carbons (Fsp3) is 0.933. The lowest BCUT2D eigenvalue weighted by Gasteiger charge is -2.34. The highest BCUT2D eigenvalue weighted by molar-refractivity contribution is 5.84. The first kappa shape index (κ1) is 11.7. The van der Waals surface area contributed by atoms with E-state index < -0.39 is 5.60 Å². The van der Waals surface area contributed by atoms with Crippen molar-refractivity contribution in [3.63, 3.8) is 0 Å². The van der Waals surface area contributed by atoms with Crippen LogP contribution >= 0.6 is 0 Å². The molecule has 0 radical (unpaired) electrons. The van der Waals surface area contributed by atoms with Gasteiger partial charge in [0.2, 0.25) is 0 Å². The van der Waals surface area contributed by atoms with Crippen molar-refractivity contribution in [1.29, 1.82) is 0 Å². The Morgan fingerprint density at radius 2 is 1.88 bits per heavy atom. The molecule has 2 heteroatoms. The fourth-order valence-electron chi connectivity index (χ4n) is 5.03. The lowest BCUT2D eigenvalue weighted by molar-refractivity contribution is -0.121. The summed E-state index contributed by atoms with van der Waals surface area (Å²) in [6.45, 7) is 8.72. The molecule has 17 heavy (non-hydrogen) atoms. The van der Waals surface area contributed by atoms with E-state index in [9.17, 15) is 9.90 Å². The number of hydrogen-bond acceptors (Lipinski definition) is 2. The molecule has 0 bridgehead atoms. The molecular formula is C15H24O2. The molecule has 3 aliphatic rings. The molecule has 3 fully saturated rings. The second-order valence-corrected chi connectivity index (χ2v) is 7.49. The summed E-state index contributed by atoms with van der Waals surface area (Å²) in [5.41, 5.74) is -0.215. The SMILES string of the molecule is C[C@@H]1C(=O)C[C@H]2[C@@H]1[C@H]1C(CC[C@]2(C)O)C1(C)C. The molecule has 3 rings (SSSR count). The van der Waals surface area contributed by atoms with Crippen LogP contribution in [0.4, 0.5) is 0 Å². The van der Waals surface area contributed by atoms with E-state index in [2.05, 4.69) is 20.8 Å². The van der Waals surface area contributed by atoms with Crippen molar-refractivity contribution in [3.05, 3.63) is 0 Å². The molecule has 3 aliphatic carbocycles. The summed E-state index contributed by atoms with van der Waals surface area (Å²) in [6.07, 6.45) is 2.62. The Labute approximate surface area is 104 Å². The molecule has 0 aromatic heterocycles. The summed E-state index contributed by atoms with van der Waals surface area (Å²) in [4.78, 5) is 12.0. The van der Waals surface area contributed by atoms with Gasteiger partial charge in [-0.05, 0) is 48.9 Å². The van der Waals surface area contributed by atoms with Gasteiger partial charge in [0.25, 0.3) is 0 Å². The summed E-state index contributed by atoms with van der Waals surface area (Å²) in [5, 5.41) is 10.6. The van der Waals surface area contributed by atoms with Crippen LogP contribution in [0.15, 0.2) is 0 Å². The van der Waals surface area contributed by atoms with Gasteiger partial charge in [0.15, 0.2) is 0 Å².